The SMILES string of the molecule is O=C(Nc1ccccc1)N1CCCN(c2c(Cl)cncc2Cl)C(=O)C1. The van der Waals surface area contributed by atoms with Gasteiger partial charge in [0.05, 0.1) is 15.7 Å². The van der Waals surface area contributed by atoms with Crippen molar-refractivity contribution < 1.29 is 9.59 Å². The van der Waals surface area contributed by atoms with Crippen LogP contribution in [0.2, 0.25) is 10.0 Å². The number of anilines is 2. The summed E-state index contributed by atoms with van der Waals surface area (Å²) < 4.78 is 0. The summed E-state index contributed by atoms with van der Waals surface area (Å²) in [6, 6.07) is 8.80. The summed E-state index contributed by atoms with van der Waals surface area (Å²) in [6.07, 6.45) is 3.50. The van der Waals surface area contributed by atoms with E-state index in [0.717, 1.165) is 0 Å². The van der Waals surface area contributed by atoms with Crippen molar-refractivity contribution in [2.45, 2.75) is 6.42 Å². The van der Waals surface area contributed by atoms with Gasteiger partial charge in [0, 0.05) is 31.2 Å². The monoisotopic (exact) mass is 378 g/mol. The van der Waals surface area contributed by atoms with Crippen molar-refractivity contribution in [1.29, 1.82) is 0 Å². The van der Waals surface area contributed by atoms with Crippen molar-refractivity contribution in [3.05, 3.63) is 52.8 Å². The van der Waals surface area contributed by atoms with Crippen LogP contribution in [0.15, 0.2) is 42.7 Å². The molecule has 1 N–H and O–H groups in total. The molecule has 1 aromatic heterocycles. The molecule has 0 unspecified atom stereocenters. The highest BCUT2D eigenvalue weighted by Crippen LogP contribution is 2.33. The topological polar surface area (TPSA) is 65.5 Å². The molecule has 1 aliphatic heterocycles. The van der Waals surface area contributed by atoms with E-state index < -0.39 is 0 Å². The summed E-state index contributed by atoms with van der Waals surface area (Å²) in [5, 5.41) is 3.41. The molecule has 0 bridgehead atoms. The number of halogens is 2. The number of pyridine rings is 1. The van der Waals surface area contributed by atoms with Crippen LogP contribution in [0.3, 0.4) is 0 Å². The van der Waals surface area contributed by atoms with Gasteiger partial charge >= 0.3 is 6.03 Å². The number of carbonyl (C=O) groups is 2. The maximum absolute atomic E-state index is 12.7. The molecule has 130 valence electrons. The van der Waals surface area contributed by atoms with Gasteiger partial charge in [-0.15, -0.1) is 0 Å². The normalized spacial score (nSPS) is 15.0. The summed E-state index contributed by atoms with van der Waals surface area (Å²) in [6.45, 7) is 0.840. The summed E-state index contributed by atoms with van der Waals surface area (Å²) in [7, 11) is 0. The minimum Gasteiger partial charge on any atom is -0.315 e. The number of para-hydroxylation sites is 1. The van der Waals surface area contributed by atoms with E-state index in [1.165, 1.54) is 22.2 Å². The van der Waals surface area contributed by atoms with Crippen LogP contribution in [0, 0.1) is 0 Å². The van der Waals surface area contributed by atoms with Crippen LogP contribution >= 0.6 is 23.2 Å². The van der Waals surface area contributed by atoms with Gasteiger partial charge in [0.15, 0.2) is 0 Å². The number of rotatable bonds is 2. The van der Waals surface area contributed by atoms with Gasteiger partial charge < -0.3 is 15.1 Å². The zero-order valence-corrected chi connectivity index (χ0v) is 14.8. The van der Waals surface area contributed by atoms with Crippen LogP contribution in [0.4, 0.5) is 16.2 Å². The van der Waals surface area contributed by atoms with Gasteiger partial charge in [0.1, 0.15) is 6.54 Å². The number of hydrogen-bond donors (Lipinski definition) is 1. The molecular formula is C17H16Cl2N4O2. The van der Waals surface area contributed by atoms with Crippen molar-refractivity contribution in [1.82, 2.24) is 9.88 Å². The summed E-state index contributed by atoms with van der Waals surface area (Å²) in [4.78, 5) is 32.0. The standard InChI is InChI=1S/C17H16Cl2N4O2/c18-13-9-20-10-14(19)16(13)23-8-4-7-22(11-15(23)24)17(25)21-12-5-2-1-3-6-12/h1-3,5-6,9-10H,4,7-8,11H2,(H,21,25). The van der Waals surface area contributed by atoms with E-state index in [0.29, 0.717) is 40.9 Å². The number of aromatic nitrogens is 1. The molecular weight excluding hydrogens is 363 g/mol. The van der Waals surface area contributed by atoms with Crippen LogP contribution in [-0.4, -0.2) is 41.5 Å². The van der Waals surface area contributed by atoms with Gasteiger partial charge in [0.25, 0.3) is 0 Å². The predicted octanol–water partition coefficient (Wildman–Crippen LogP) is 3.66. The largest absolute Gasteiger partial charge is 0.322 e. The van der Waals surface area contributed by atoms with Gasteiger partial charge in [0.2, 0.25) is 5.91 Å². The first-order valence-electron chi connectivity index (χ1n) is 7.76. The molecule has 3 rings (SSSR count). The molecule has 3 amide bonds. The van der Waals surface area contributed by atoms with Gasteiger partial charge in [-0.2, -0.15) is 0 Å². The smallest absolute Gasteiger partial charge is 0.315 e. The average Bonchev–Trinajstić information content (AvgIpc) is 2.78. The second-order valence-electron chi connectivity index (χ2n) is 5.57. The van der Waals surface area contributed by atoms with Crippen LogP contribution in [0.25, 0.3) is 0 Å². The van der Waals surface area contributed by atoms with E-state index >= 15 is 0 Å². The third kappa shape index (κ3) is 4.03. The summed E-state index contributed by atoms with van der Waals surface area (Å²) in [5.74, 6) is -0.240. The van der Waals surface area contributed by atoms with E-state index in [1.54, 1.807) is 12.1 Å². The minimum atomic E-state index is -0.312. The fourth-order valence-electron chi connectivity index (χ4n) is 2.67. The predicted molar refractivity (Wildman–Crippen MR) is 98.3 cm³/mol. The molecule has 0 aliphatic carbocycles. The Morgan fingerprint density at radius 2 is 1.76 bits per heavy atom. The Labute approximate surface area is 155 Å². The third-order valence-electron chi connectivity index (χ3n) is 3.85. The molecule has 2 aromatic rings. The van der Waals surface area contributed by atoms with E-state index in [4.69, 9.17) is 23.2 Å². The number of benzene rings is 1. The Morgan fingerprint density at radius 1 is 1.08 bits per heavy atom. The van der Waals surface area contributed by atoms with Gasteiger partial charge in [-0.3, -0.25) is 9.78 Å². The Kier molecular flexibility index (Phi) is 5.40. The highest BCUT2D eigenvalue weighted by molar-refractivity contribution is 6.39. The number of amides is 3. The third-order valence-corrected chi connectivity index (χ3v) is 4.40. The fourth-order valence-corrected chi connectivity index (χ4v) is 3.24. The molecule has 1 aliphatic rings. The van der Waals surface area contributed by atoms with Crippen LogP contribution in [-0.2, 0) is 4.79 Å². The van der Waals surface area contributed by atoms with E-state index in [1.807, 2.05) is 18.2 Å². The molecule has 6 nitrogen and oxygen atoms in total. The molecule has 0 radical (unpaired) electrons. The zero-order chi connectivity index (χ0) is 17.8. The van der Waals surface area contributed by atoms with Gasteiger partial charge in [-0.1, -0.05) is 41.4 Å². The van der Waals surface area contributed by atoms with E-state index in [-0.39, 0.29) is 18.5 Å². The molecule has 1 saturated heterocycles. The molecule has 25 heavy (non-hydrogen) atoms. The molecule has 2 heterocycles. The summed E-state index contributed by atoms with van der Waals surface area (Å²) in [5.41, 5.74) is 1.12. The number of nitrogens with one attached hydrogen (secondary N) is 1. The second-order valence-corrected chi connectivity index (χ2v) is 6.38. The van der Waals surface area contributed by atoms with Crippen molar-refractivity contribution in [3.8, 4) is 0 Å². The lowest BCUT2D eigenvalue weighted by molar-refractivity contribution is -0.118. The lowest BCUT2D eigenvalue weighted by Gasteiger charge is -2.23. The molecule has 0 spiro atoms. The maximum atomic E-state index is 12.7. The Bertz CT molecular complexity index is 765. The molecule has 8 heteroatoms. The molecule has 1 fully saturated rings. The number of urea groups is 1. The second kappa shape index (κ2) is 7.72. The average molecular weight is 379 g/mol. The van der Waals surface area contributed by atoms with Crippen LogP contribution < -0.4 is 10.2 Å². The number of carbonyl (C=O) groups excluding carboxylic acids is 2. The number of nitrogens with zero attached hydrogens (tertiary/aromatic N) is 3. The lowest BCUT2D eigenvalue weighted by Crippen LogP contribution is -2.41. The van der Waals surface area contributed by atoms with E-state index in [9.17, 15) is 9.59 Å². The van der Waals surface area contributed by atoms with Crippen molar-refractivity contribution in [2.75, 3.05) is 29.9 Å². The van der Waals surface area contributed by atoms with Crippen molar-refractivity contribution in [2.24, 2.45) is 0 Å². The van der Waals surface area contributed by atoms with Crippen LogP contribution in [0.5, 0.6) is 0 Å². The zero-order valence-electron chi connectivity index (χ0n) is 13.3. The van der Waals surface area contributed by atoms with Crippen molar-refractivity contribution >= 4 is 46.5 Å². The number of hydrogen-bond acceptors (Lipinski definition) is 3. The summed E-state index contributed by atoms with van der Waals surface area (Å²) >= 11 is 12.3. The molecule has 0 atom stereocenters. The minimum absolute atomic E-state index is 0.0480. The van der Waals surface area contributed by atoms with Gasteiger partial charge in [-0.05, 0) is 18.6 Å². The van der Waals surface area contributed by atoms with Crippen LogP contribution in [0.1, 0.15) is 6.42 Å². The highest BCUT2D eigenvalue weighted by atomic mass is 35.5. The quantitative estimate of drug-likeness (QED) is 0.866. The first kappa shape index (κ1) is 17.5. The maximum Gasteiger partial charge on any atom is 0.322 e. The van der Waals surface area contributed by atoms with E-state index in [2.05, 4.69) is 10.3 Å². The first-order chi connectivity index (χ1) is 12.1. The Morgan fingerprint density at radius 3 is 2.44 bits per heavy atom. The lowest BCUT2D eigenvalue weighted by atomic mass is 10.3. The van der Waals surface area contributed by atoms with Crippen molar-refractivity contribution in [3.63, 3.8) is 0 Å². The first-order valence-corrected chi connectivity index (χ1v) is 8.52. The molecule has 1 aromatic carbocycles. The fraction of sp³-hybridized carbons (Fsp3) is 0.235. The van der Waals surface area contributed by atoms with Gasteiger partial charge in [-0.25, -0.2) is 4.79 Å². The Hall–Kier alpha value is -2.31. The highest BCUT2D eigenvalue weighted by Gasteiger charge is 2.28. The molecule has 0 saturated carbocycles. The Balaban J connectivity index is 1.74.